The van der Waals surface area contributed by atoms with E-state index in [4.69, 9.17) is 28.3 Å². The second kappa shape index (κ2) is 5.84. The Kier molecular flexibility index (Phi) is 4.72. The summed E-state index contributed by atoms with van der Waals surface area (Å²) in [6.07, 6.45) is 0. The molecule has 1 heterocycles. The van der Waals surface area contributed by atoms with Crippen molar-refractivity contribution in [1.82, 2.24) is 9.88 Å². The molecule has 0 aliphatic carbocycles. The van der Waals surface area contributed by atoms with Crippen LogP contribution in [0.3, 0.4) is 0 Å². The van der Waals surface area contributed by atoms with E-state index in [1.54, 1.807) is 6.92 Å². The van der Waals surface area contributed by atoms with Gasteiger partial charge in [0.1, 0.15) is 17.4 Å². The van der Waals surface area contributed by atoms with Crippen molar-refractivity contribution in [3.05, 3.63) is 28.0 Å². The summed E-state index contributed by atoms with van der Waals surface area (Å²) >= 11 is 11.5. The van der Waals surface area contributed by atoms with E-state index >= 15 is 0 Å². The van der Waals surface area contributed by atoms with Crippen LogP contribution in [0.2, 0.25) is 10.2 Å². The van der Waals surface area contributed by atoms with E-state index in [1.165, 1.54) is 12.1 Å². The van der Waals surface area contributed by atoms with Crippen LogP contribution < -0.4 is 0 Å². The average molecular weight is 277 g/mol. The normalized spacial score (nSPS) is 10.1. The van der Waals surface area contributed by atoms with Crippen molar-refractivity contribution in [3.63, 3.8) is 0 Å². The molecule has 7 heteroatoms. The quantitative estimate of drug-likeness (QED) is 0.854. The number of likely N-dealkylation sites (N-methyl/N-ethyl adjacent to an activating group) is 1. The smallest absolute Gasteiger partial charge is 0.323 e. The van der Waals surface area contributed by atoms with E-state index in [1.807, 2.05) is 0 Å². The predicted octanol–water partition coefficient (Wildman–Crippen LogP) is 1.94. The third-order valence-electron chi connectivity index (χ3n) is 2.01. The molecule has 0 aliphatic rings. The molecule has 0 unspecified atom stereocenters. The predicted molar refractivity (Wildman–Crippen MR) is 63.5 cm³/mol. The Morgan fingerprint density at radius 3 is 2.59 bits per heavy atom. The van der Waals surface area contributed by atoms with Crippen LogP contribution in [0.4, 0.5) is 0 Å². The molecule has 0 atom stereocenters. The topological polar surface area (TPSA) is 70.5 Å². The summed E-state index contributed by atoms with van der Waals surface area (Å²) in [7, 11) is 0. The zero-order chi connectivity index (χ0) is 13.0. The molecule has 1 N–H and O–H groups in total. The van der Waals surface area contributed by atoms with Crippen LogP contribution in [0.5, 0.6) is 0 Å². The van der Waals surface area contributed by atoms with Gasteiger partial charge < -0.3 is 10.0 Å². The molecule has 0 saturated carbocycles. The van der Waals surface area contributed by atoms with Crippen molar-refractivity contribution in [2.75, 3.05) is 13.1 Å². The number of amides is 1. The highest BCUT2D eigenvalue weighted by molar-refractivity contribution is 6.34. The first-order valence-corrected chi connectivity index (χ1v) is 5.54. The van der Waals surface area contributed by atoms with Crippen LogP contribution in [-0.2, 0) is 4.79 Å². The number of aromatic nitrogens is 1. The summed E-state index contributed by atoms with van der Waals surface area (Å²) in [4.78, 5) is 27.4. The van der Waals surface area contributed by atoms with Gasteiger partial charge in [0.25, 0.3) is 5.91 Å². The Morgan fingerprint density at radius 2 is 2.06 bits per heavy atom. The highest BCUT2D eigenvalue weighted by Gasteiger charge is 2.20. The molecular weight excluding hydrogens is 267 g/mol. The first-order chi connectivity index (χ1) is 7.95. The molecule has 1 aromatic heterocycles. The molecular formula is C10H10Cl2N2O3. The monoisotopic (exact) mass is 276 g/mol. The molecule has 0 spiro atoms. The third kappa shape index (κ3) is 3.57. The van der Waals surface area contributed by atoms with Gasteiger partial charge in [-0.25, -0.2) is 4.98 Å². The maximum atomic E-state index is 11.9. The third-order valence-corrected chi connectivity index (χ3v) is 2.53. The van der Waals surface area contributed by atoms with Crippen molar-refractivity contribution in [2.24, 2.45) is 0 Å². The zero-order valence-corrected chi connectivity index (χ0v) is 10.5. The van der Waals surface area contributed by atoms with Gasteiger partial charge in [-0.3, -0.25) is 9.59 Å². The Labute approximate surface area is 108 Å². The van der Waals surface area contributed by atoms with Crippen LogP contribution in [0.1, 0.15) is 17.4 Å². The lowest BCUT2D eigenvalue weighted by Gasteiger charge is -2.18. The lowest BCUT2D eigenvalue weighted by atomic mass is 10.3. The number of carbonyl (C=O) groups excluding carboxylic acids is 1. The lowest BCUT2D eigenvalue weighted by Crippen LogP contribution is -2.36. The molecule has 0 aromatic carbocycles. The summed E-state index contributed by atoms with van der Waals surface area (Å²) in [5.41, 5.74) is -0.0396. The molecule has 0 radical (unpaired) electrons. The average Bonchev–Trinajstić information content (AvgIpc) is 2.28. The maximum absolute atomic E-state index is 11.9. The van der Waals surface area contributed by atoms with Gasteiger partial charge in [0.05, 0.1) is 5.02 Å². The minimum atomic E-state index is -1.10. The molecule has 0 fully saturated rings. The van der Waals surface area contributed by atoms with Crippen LogP contribution in [-0.4, -0.2) is 40.0 Å². The first-order valence-electron chi connectivity index (χ1n) is 4.78. The number of hydrogen-bond acceptors (Lipinski definition) is 3. The largest absolute Gasteiger partial charge is 0.480 e. The maximum Gasteiger partial charge on any atom is 0.323 e. The minimum Gasteiger partial charge on any atom is -0.480 e. The number of carboxylic acids is 1. The van der Waals surface area contributed by atoms with E-state index in [0.29, 0.717) is 0 Å². The van der Waals surface area contributed by atoms with Gasteiger partial charge in [-0.1, -0.05) is 23.2 Å². The number of pyridine rings is 1. The Bertz CT molecular complexity index is 451. The molecule has 1 amide bonds. The van der Waals surface area contributed by atoms with Gasteiger partial charge in [0.15, 0.2) is 0 Å². The van der Waals surface area contributed by atoms with Crippen molar-refractivity contribution >= 4 is 35.1 Å². The zero-order valence-electron chi connectivity index (χ0n) is 8.98. The van der Waals surface area contributed by atoms with Crippen molar-refractivity contribution < 1.29 is 14.7 Å². The Hall–Kier alpha value is -1.33. The van der Waals surface area contributed by atoms with E-state index in [2.05, 4.69) is 4.98 Å². The van der Waals surface area contributed by atoms with E-state index in [-0.39, 0.29) is 22.4 Å². The molecule has 1 rings (SSSR count). The number of carbonyl (C=O) groups is 2. The van der Waals surface area contributed by atoms with Crippen LogP contribution in [0, 0.1) is 0 Å². The number of halogens is 2. The Morgan fingerprint density at radius 1 is 1.41 bits per heavy atom. The lowest BCUT2D eigenvalue weighted by molar-refractivity contribution is -0.137. The fourth-order valence-corrected chi connectivity index (χ4v) is 1.54. The molecule has 92 valence electrons. The van der Waals surface area contributed by atoms with Gasteiger partial charge in [-0.15, -0.1) is 0 Å². The van der Waals surface area contributed by atoms with E-state index in [0.717, 1.165) is 4.90 Å². The Balaban J connectivity index is 3.01. The molecule has 1 aromatic rings. The number of hydrogen-bond donors (Lipinski definition) is 1. The molecule has 5 nitrogen and oxygen atoms in total. The summed E-state index contributed by atoms with van der Waals surface area (Å²) < 4.78 is 0. The molecule has 0 bridgehead atoms. The van der Waals surface area contributed by atoms with Crippen LogP contribution >= 0.6 is 23.2 Å². The highest BCUT2D eigenvalue weighted by atomic mass is 35.5. The van der Waals surface area contributed by atoms with E-state index in [9.17, 15) is 9.59 Å². The van der Waals surface area contributed by atoms with E-state index < -0.39 is 18.4 Å². The highest BCUT2D eigenvalue weighted by Crippen LogP contribution is 2.18. The van der Waals surface area contributed by atoms with Crippen molar-refractivity contribution in [1.29, 1.82) is 0 Å². The molecule has 0 aliphatic heterocycles. The fraction of sp³-hybridized carbons (Fsp3) is 0.300. The second-order valence-corrected chi connectivity index (χ2v) is 3.97. The molecule has 0 saturated heterocycles. The van der Waals surface area contributed by atoms with Crippen LogP contribution in [0.15, 0.2) is 12.1 Å². The summed E-state index contributed by atoms with van der Waals surface area (Å²) in [6, 6.07) is 2.90. The second-order valence-electron chi connectivity index (χ2n) is 3.18. The SMILES string of the molecule is CCN(CC(=O)O)C(=O)c1nc(Cl)ccc1Cl. The summed E-state index contributed by atoms with van der Waals surface area (Å²) in [6.45, 7) is 1.51. The molecule has 17 heavy (non-hydrogen) atoms. The number of carboxylic acid groups (broad SMARTS) is 1. The first kappa shape index (κ1) is 13.7. The number of rotatable bonds is 4. The summed E-state index contributed by atoms with van der Waals surface area (Å²) in [5.74, 6) is -1.65. The fourth-order valence-electron chi connectivity index (χ4n) is 1.21. The van der Waals surface area contributed by atoms with Gasteiger partial charge in [0.2, 0.25) is 0 Å². The van der Waals surface area contributed by atoms with Crippen LogP contribution in [0.25, 0.3) is 0 Å². The standard InChI is InChI=1S/C10H10Cl2N2O3/c1-2-14(5-8(15)16)10(17)9-6(11)3-4-7(12)13-9/h3-4H,2,5H2,1H3,(H,15,16). The van der Waals surface area contributed by atoms with Gasteiger partial charge >= 0.3 is 5.97 Å². The van der Waals surface area contributed by atoms with Crippen molar-refractivity contribution in [3.8, 4) is 0 Å². The minimum absolute atomic E-state index is 0.0396. The number of aliphatic carboxylic acids is 1. The van der Waals surface area contributed by atoms with Crippen molar-refractivity contribution in [2.45, 2.75) is 6.92 Å². The van der Waals surface area contributed by atoms with Gasteiger partial charge in [-0.05, 0) is 19.1 Å². The van der Waals surface area contributed by atoms with Gasteiger partial charge in [0, 0.05) is 6.54 Å². The van der Waals surface area contributed by atoms with Gasteiger partial charge in [-0.2, -0.15) is 0 Å². The summed E-state index contributed by atoms with van der Waals surface area (Å²) in [5, 5.41) is 8.93. The number of nitrogens with zero attached hydrogens (tertiary/aromatic N) is 2.